The number of alkyl halides is 6. The van der Waals surface area contributed by atoms with Crippen molar-refractivity contribution in [3.05, 3.63) is 155 Å². The first-order valence-corrected chi connectivity index (χ1v) is 15.1. The number of rotatable bonds is 13. The van der Waals surface area contributed by atoms with Gasteiger partial charge >= 0.3 is 18.7 Å². The van der Waals surface area contributed by atoms with E-state index in [4.69, 9.17) is 4.74 Å². The molecule has 0 aliphatic carbocycles. The minimum Gasteiger partial charge on any atom is -0.458 e. The Labute approximate surface area is 283 Å². The summed E-state index contributed by atoms with van der Waals surface area (Å²) in [5.74, 6) is -1.48. The van der Waals surface area contributed by atoms with Gasteiger partial charge in [0.1, 0.15) is 18.1 Å². The van der Waals surface area contributed by atoms with Crippen LogP contribution in [0.1, 0.15) is 27.8 Å². The Morgan fingerprint density at radius 1 is 0.680 bits per heavy atom. The molecule has 0 fully saturated rings. The van der Waals surface area contributed by atoms with Crippen LogP contribution in [0.5, 0.6) is 11.5 Å². The summed E-state index contributed by atoms with van der Waals surface area (Å²) in [6.45, 7) is 0.0123. The van der Waals surface area contributed by atoms with E-state index in [1.165, 1.54) is 48.8 Å². The van der Waals surface area contributed by atoms with Gasteiger partial charge in [0.2, 0.25) is 5.95 Å². The number of benzene rings is 4. The molecule has 0 bridgehead atoms. The maximum atomic E-state index is 13.3. The van der Waals surface area contributed by atoms with Gasteiger partial charge in [0, 0.05) is 36.0 Å². The number of halogens is 6. The van der Waals surface area contributed by atoms with Crippen LogP contribution in [-0.4, -0.2) is 35.2 Å². The van der Waals surface area contributed by atoms with E-state index in [0.717, 1.165) is 23.3 Å². The van der Waals surface area contributed by atoms with Crippen LogP contribution in [0.25, 0.3) is 6.08 Å². The van der Waals surface area contributed by atoms with Gasteiger partial charge in [-0.05, 0) is 59.0 Å². The molecule has 0 saturated heterocycles. The molecule has 0 saturated carbocycles. The van der Waals surface area contributed by atoms with Crippen molar-refractivity contribution in [2.75, 3.05) is 11.9 Å². The fourth-order valence-electron chi connectivity index (χ4n) is 5.25. The smallest absolute Gasteiger partial charge is 0.458 e. The summed E-state index contributed by atoms with van der Waals surface area (Å²) in [4.78, 5) is 20.8. The Balaban J connectivity index is 1.46. The van der Waals surface area contributed by atoms with Crippen LogP contribution in [0.3, 0.4) is 0 Å². The third-order valence-corrected chi connectivity index (χ3v) is 7.45. The maximum absolute atomic E-state index is 13.3. The first-order chi connectivity index (χ1) is 23.9. The zero-order chi connectivity index (χ0) is 35.6. The number of ether oxygens (including phenoxy) is 3. The third-order valence-electron chi connectivity index (χ3n) is 7.45. The summed E-state index contributed by atoms with van der Waals surface area (Å²) in [6, 6.07) is 28.6. The number of anilines is 1. The molecule has 258 valence electrons. The normalized spacial score (nSPS) is 12.0. The van der Waals surface area contributed by atoms with Crippen LogP contribution in [0, 0.1) is 0 Å². The van der Waals surface area contributed by atoms with Crippen molar-refractivity contribution in [1.29, 1.82) is 0 Å². The largest absolute Gasteiger partial charge is 0.573 e. The number of carbonyl (C=O) groups excluding carboxylic acids is 1. The van der Waals surface area contributed by atoms with Crippen LogP contribution in [0.4, 0.5) is 32.3 Å². The summed E-state index contributed by atoms with van der Waals surface area (Å²) in [6.07, 6.45) is -4.28. The molecule has 0 amide bonds. The minimum absolute atomic E-state index is 0.0894. The highest BCUT2D eigenvalue weighted by atomic mass is 19.4. The first-order valence-electron chi connectivity index (χ1n) is 15.1. The van der Waals surface area contributed by atoms with Gasteiger partial charge in [-0.1, -0.05) is 84.9 Å². The van der Waals surface area contributed by atoms with E-state index in [2.05, 4.69) is 24.8 Å². The van der Waals surface area contributed by atoms with E-state index in [0.29, 0.717) is 16.7 Å². The van der Waals surface area contributed by atoms with E-state index in [-0.39, 0.29) is 25.5 Å². The van der Waals surface area contributed by atoms with Gasteiger partial charge < -0.3 is 19.5 Å². The van der Waals surface area contributed by atoms with E-state index in [1.807, 2.05) is 30.3 Å². The molecule has 0 aliphatic rings. The highest BCUT2D eigenvalue weighted by Gasteiger charge is 2.38. The molecule has 0 atom stereocenters. The molecule has 0 aliphatic heterocycles. The van der Waals surface area contributed by atoms with Gasteiger partial charge in [-0.15, -0.1) is 26.3 Å². The van der Waals surface area contributed by atoms with E-state index in [1.54, 1.807) is 42.5 Å². The highest BCUT2D eigenvalue weighted by molar-refractivity contribution is 5.86. The van der Waals surface area contributed by atoms with Crippen molar-refractivity contribution in [2.45, 2.75) is 31.2 Å². The molecule has 0 radical (unpaired) electrons. The lowest BCUT2D eigenvalue weighted by atomic mass is 9.70. The van der Waals surface area contributed by atoms with Gasteiger partial charge in [-0.3, -0.25) is 0 Å². The van der Waals surface area contributed by atoms with Gasteiger partial charge in [-0.2, -0.15) is 0 Å². The first kappa shape index (κ1) is 35.5. The van der Waals surface area contributed by atoms with Crippen LogP contribution < -0.4 is 14.8 Å². The third kappa shape index (κ3) is 10.3. The van der Waals surface area contributed by atoms with Gasteiger partial charge in [0.25, 0.3) is 0 Å². The summed E-state index contributed by atoms with van der Waals surface area (Å²) in [5, 5.41) is 3.10. The average Bonchev–Trinajstić information content (AvgIpc) is 3.08. The lowest BCUT2D eigenvalue weighted by Gasteiger charge is -2.36. The molecule has 1 heterocycles. The number of carbonyl (C=O) groups is 1. The topological polar surface area (TPSA) is 82.6 Å². The van der Waals surface area contributed by atoms with Crippen molar-refractivity contribution in [2.24, 2.45) is 0 Å². The Morgan fingerprint density at radius 3 is 1.72 bits per heavy atom. The fourth-order valence-corrected chi connectivity index (χ4v) is 5.25. The average molecular weight is 694 g/mol. The molecule has 50 heavy (non-hydrogen) atoms. The van der Waals surface area contributed by atoms with Gasteiger partial charge in [0.05, 0.1) is 0 Å². The number of aromatic nitrogens is 2. The molecule has 0 spiro atoms. The standard InChI is InChI=1S/C37H29F6N3O4/c38-36(39,40)49-31-15-7-13-29(19-31)35(21-26-9-3-1-4-10-26,30-14-8-16-32(20-30)50-37(41,42)43)25-46-34-44-22-28(23-45-34)17-18-33(47)48-24-27-11-5-2-6-12-27/h1-20,22-23H,21,24-25H2,(H,44,45,46)/b18-17+. The quantitative estimate of drug-likeness (QED) is 0.0751. The molecule has 5 rings (SSSR count). The maximum Gasteiger partial charge on any atom is 0.573 e. The molecule has 0 unspecified atom stereocenters. The van der Waals surface area contributed by atoms with Gasteiger partial charge in [0.15, 0.2) is 0 Å². The van der Waals surface area contributed by atoms with Crippen molar-refractivity contribution in [1.82, 2.24) is 9.97 Å². The van der Waals surface area contributed by atoms with Crippen LogP contribution in [-0.2, 0) is 28.0 Å². The van der Waals surface area contributed by atoms with Crippen molar-refractivity contribution in [3.63, 3.8) is 0 Å². The zero-order valence-electron chi connectivity index (χ0n) is 26.1. The second-order valence-corrected chi connectivity index (χ2v) is 11.0. The lowest BCUT2D eigenvalue weighted by molar-refractivity contribution is -0.275. The Bertz CT molecular complexity index is 1820. The molecule has 13 heteroatoms. The summed E-state index contributed by atoms with van der Waals surface area (Å²) < 4.78 is 93.2. The number of esters is 1. The predicted molar refractivity (Wildman–Crippen MR) is 173 cm³/mol. The second-order valence-electron chi connectivity index (χ2n) is 11.0. The predicted octanol–water partition coefficient (Wildman–Crippen LogP) is 8.67. The molecule has 5 aromatic rings. The number of nitrogens with zero attached hydrogens (tertiary/aromatic N) is 2. The van der Waals surface area contributed by atoms with Crippen molar-refractivity contribution in [3.8, 4) is 11.5 Å². The summed E-state index contributed by atoms with van der Waals surface area (Å²) >= 11 is 0. The van der Waals surface area contributed by atoms with Crippen LogP contribution >= 0.6 is 0 Å². The molecule has 4 aromatic carbocycles. The number of hydrogen-bond acceptors (Lipinski definition) is 7. The monoisotopic (exact) mass is 693 g/mol. The van der Waals surface area contributed by atoms with Crippen LogP contribution in [0.15, 0.2) is 128 Å². The SMILES string of the molecule is O=C(/C=C/c1cnc(NCC(Cc2ccccc2)(c2cccc(OC(F)(F)F)c2)c2cccc(OC(F)(F)F)c2)nc1)OCc1ccccc1. The zero-order valence-corrected chi connectivity index (χ0v) is 26.1. The second kappa shape index (κ2) is 15.6. The minimum atomic E-state index is -4.98. The summed E-state index contributed by atoms with van der Waals surface area (Å²) in [7, 11) is 0. The van der Waals surface area contributed by atoms with E-state index >= 15 is 0 Å². The molecule has 1 aromatic heterocycles. The van der Waals surface area contributed by atoms with Crippen molar-refractivity contribution < 1.29 is 45.3 Å². The summed E-state index contributed by atoms with van der Waals surface area (Å²) in [5.41, 5.74) is 1.31. The molecular weight excluding hydrogens is 664 g/mol. The number of nitrogens with one attached hydrogen (secondary N) is 1. The Morgan fingerprint density at radius 2 is 1.20 bits per heavy atom. The fraction of sp³-hybridized carbons (Fsp3) is 0.162. The Kier molecular flexibility index (Phi) is 11.0. The van der Waals surface area contributed by atoms with E-state index < -0.39 is 35.6 Å². The van der Waals surface area contributed by atoms with E-state index in [9.17, 15) is 31.1 Å². The molecule has 7 nitrogen and oxygen atoms in total. The Hall–Kier alpha value is -5.85. The van der Waals surface area contributed by atoms with Crippen molar-refractivity contribution >= 4 is 18.0 Å². The lowest BCUT2D eigenvalue weighted by Crippen LogP contribution is -2.38. The molecular formula is C37H29F6N3O4. The van der Waals surface area contributed by atoms with Crippen LogP contribution in [0.2, 0.25) is 0 Å². The highest BCUT2D eigenvalue weighted by Crippen LogP contribution is 2.40. The molecule has 1 N–H and O–H groups in total. The van der Waals surface area contributed by atoms with Gasteiger partial charge in [-0.25, -0.2) is 14.8 Å². The number of hydrogen-bond donors (Lipinski definition) is 1.